The molecule has 0 saturated carbocycles. The molecular weight excluding hydrogens is 364 g/mol. The van der Waals surface area contributed by atoms with E-state index in [9.17, 15) is 9.59 Å². The van der Waals surface area contributed by atoms with E-state index in [1.54, 1.807) is 54.6 Å². The third-order valence-corrected chi connectivity index (χ3v) is 4.15. The summed E-state index contributed by atoms with van der Waals surface area (Å²) in [5, 5.41) is 5.60. The molecule has 0 bridgehead atoms. The highest BCUT2D eigenvalue weighted by Gasteiger charge is 2.16. The van der Waals surface area contributed by atoms with Crippen LogP contribution in [0, 0.1) is 6.92 Å². The first-order valence-corrected chi connectivity index (χ1v) is 8.61. The molecule has 3 rings (SSSR count). The maximum absolute atomic E-state index is 12.3. The van der Waals surface area contributed by atoms with Crippen molar-refractivity contribution in [3.63, 3.8) is 0 Å². The van der Waals surface area contributed by atoms with Crippen molar-refractivity contribution in [2.24, 2.45) is 0 Å². The number of para-hydroxylation sites is 3. The van der Waals surface area contributed by atoms with Gasteiger partial charge in [-0.1, -0.05) is 48.0 Å². The molecule has 0 aromatic heterocycles. The Morgan fingerprint density at radius 1 is 0.852 bits per heavy atom. The van der Waals surface area contributed by atoms with Crippen molar-refractivity contribution < 1.29 is 14.3 Å². The number of carbonyl (C=O) groups is 2. The Bertz CT molecular complexity index is 974. The third-order valence-electron chi connectivity index (χ3n) is 3.74. The molecule has 0 unspecified atom stereocenters. The van der Waals surface area contributed by atoms with Crippen LogP contribution >= 0.6 is 11.6 Å². The number of amides is 2. The van der Waals surface area contributed by atoms with Gasteiger partial charge in [-0.15, -0.1) is 0 Å². The lowest BCUT2D eigenvalue weighted by atomic mass is 10.2. The van der Waals surface area contributed by atoms with Gasteiger partial charge in [-0.25, -0.2) is 0 Å². The van der Waals surface area contributed by atoms with Gasteiger partial charge >= 0.3 is 11.8 Å². The predicted octanol–water partition coefficient (Wildman–Crippen LogP) is 5.02. The predicted molar refractivity (Wildman–Crippen MR) is 106 cm³/mol. The van der Waals surface area contributed by atoms with E-state index < -0.39 is 11.8 Å². The van der Waals surface area contributed by atoms with Crippen molar-refractivity contribution in [2.75, 3.05) is 10.6 Å². The summed E-state index contributed by atoms with van der Waals surface area (Å²) in [7, 11) is 0. The number of hydrogen-bond donors (Lipinski definition) is 2. The van der Waals surface area contributed by atoms with Gasteiger partial charge in [0.25, 0.3) is 0 Å². The molecule has 2 N–H and O–H groups in total. The highest BCUT2D eigenvalue weighted by molar-refractivity contribution is 6.44. The second-order valence-corrected chi connectivity index (χ2v) is 6.19. The van der Waals surface area contributed by atoms with E-state index in [1.807, 2.05) is 25.1 Å². The minimum Gasteiger partial charge on any atom is -0.455 e. The summed E-state index contributed by atoms with van der Waals surface area (Å²) in [6, 6.07) is 21.1. The fourth-order valence-corrected chi connectivity index (χ4v) is 2.49. The first-order valence-electron chi connectivity index (χ1n) is 8.23. The first-order chi connectivity index (χ1) is 13.0. The Morgan fingerprint density at radius 3 is 2.26 bits per heavy atom. The number of rotatable bonds is 4. The summed E-state index contributed by atoms with van der Waals surface area (Å²) >= 11 is 6.04. The molecule has 0 heterocycles. The lowest BCUT2D eigenvalue weighted by molar-refractivity contribution is -0.133. The molecule has 3 aromatic carbocycles. The molecule has 6 heteroatoms. The van der Waals surface area contributed by atoms with Crippen molar-refractivity contribution in [3.05, 3.63) is 83.4 Å². The standard InChI is InChI=1S/C21H17ClN2O3/c1-14-11-12-15(13-17(14)22)23-20(25)21(26)24-18-9-5-6-10-19(18)27-16-7-3-2-4-8-16/h2-13H,1H3,(H,23,25)(H,24,26). The van der Waals surface area contributed by atoms with E-state index in [1.165, 1.54) is 0 Å². The maximum atomic E-state index is 12.3. The van der Waals surface area contributed by atoms with Gasteiger partial charge in [-0.3, -0.25) is 9.59 Å². The average Bonchev–Trinajstić information content (AvgIpc) is 2.67. The zero-order chi connectivity index (χ0) is 19.2. The molecule has 0 spiro atoms. The van der Waals surface area contributed by atoms with Gasteiger partial charge in [-0.2, -0.15) is 0 Å². The zero-order valence-electron chi connectivity index (χ0n) is 14.5. The molecule has 136 valence electrons. The van der Waals surface area contributed by atoms with E-state index in [2.05, 4.69) is 10.6 Å². The number of aryl methyl sites for hydroxylation is 1. The Hall–Kier alpha value is -3.31. The van der Waals surface area contributed by atoms with Crippen LogP contribution in [0.25, 0.3) is 0 Å². The van der Waals surface area contributed by atoms with Crippen LogP contribution in [0.2, 0.25) is 5.02 Å². The maximum Gasteiger partial charge on any atom is 0.314 e. The van der Waals surface area contributed by atoms with Crippen molar-refractivity contribution in [2.45, 2.75) is 6.92 Å². The van der Waals surface area contributed by atoms with Crippen LogP contribution in [0.5, 0.6) is 11.5 Å². The van der Waals surface area contributed by atoms with Gasteiger partial charge in [0.2, 0.25) is 0 Å². The summed E-state index contributed by atoms with van der Waals surface area (Å²) in [4.78, 5) is 24.4. The number of hydrogen-bond acceptors (Lipinski definition) is 3. The minimum atomic E-state index is -0.809. The van der Waals surface area contributed by atoms with E-state index in [0.717, 1.165) is 5.56 Å². The van der Waals surface area contributed by atoms with E-state index in [4.69, 9.17) is 16.3 Å². The third kappa shape index (κ3) is 4.86. The molecule has 0 aliphatic rings. The van der Waals surface area contributed by atoms with Gasteiger partial charge in [0.05, 0.1) is 5.69 Å². The van der Waals surface area contributed by atoms with Crippen LogP contribution in [0.1, 0.15) is 5.56 Å². The summed E-state index contributed by atoms with van der Waals surface area (Å²) in [6.45, 7) is 1.85. The van der Waals surface area contributed by atoms with Crippen molar-refractivity contribution in [1.82, 2.24) is 0 Å². The number of anilines is 2. The largest absolute Gasteiger partial charge is 0.455 e. The lowest BCUT2D eigenvalue weighted by Gasteiger charge is -2.12. The van der Waals surface area contributed by atoms with Gasteiger partial charge in [-0.05, 0) is 48.9 Å². The Balaban J connectivity index is 1.70. The normalized spacial score (nSPS) is 10.1. The number of benzene rings is 3. The summed E-state index contributed by atoms with van der Waals surface area (Å²) in [5.41, 5.74) is 1.72. The van der Waals surface area contributed by atoms with Gasteiger partial charge < -0.3 is 15.4 Å². The zero-order valence-corrected chi connectivity index (χ0v) is 15.3. The summed E-state index contributed by atoms with van der Waals surface area (Å²) < 4.78 is 5.77. The summed E-state index contributed by atoms with van der Waals surface area (Å²) in [6.07, 6.45) is 0. The SMILES string of the molecule is Cc1ccc(NC(=O)C(=O)Nc2ccccc2Oc2ccccc2)cc1Cl. The Kier molecular flexibility index (Phi) is 5.74. The minimum absolute atomic E-state index is 0.392. The second-order valence-electron chi connectivity index (χ2n) is 5.78. The van der Waals surface area contributed by atoms with E-state index in [0.29, 0.717) is 27.9 Å². The van der Waals surface area contributed by atoms with Crippen molar-refractivity contribution in [1.29, 1.82) is 0 Å². The molecule has 0 atom stereocenters. The highest BCUT2D eigenvalue weighted by atomic mass is 35.5. The quantitative estimate of drug-likeness (QED) is 0.624. The monoisotopic (exact) mass is 380 g/mol. The number of halogens is 1. The molecule has 0 saturated heterocycles. The number of carbonyl (C=O) groups excluding carboxylic acids is 2. The number of nitrogens with one attached hydrogen (secondary N) is 2. The fourth-order valence-electron chi connectivity index (χ4n) is 2.31. The molecule has 2 amide bonds. The number of ether oxygens (including phenoxy) is 1. The fraction of sp³-hybridized carbons (Fsp3) is 0.0476. The topological polar surface area (TPSA) is 67.4 Å². The Labute approximate surface area is 161 Å². The van der Waals surface area contributed by atoms with Gasteiger partial charge in [0.15, 0.2) is 5.75 Å². The molecule has 5 nitrogen and oxygen atoms in total. The second kappa shape index (κ2) is 8.38. The molecule has 27 heavy (non-hydrogen) atoms. The summed E-state index contributed by atoms with van der Waals surface area (Å²) in [5.74, 6) is -0.554. The van der Waals surface area contributed by atoms with Crippen LogP contribution in [0.4, 0.5) is 11.4 Å². The van der Waals surface area contributed by atoms with Crippen LogP contribution in [0.3, 0.4) is 0 Å². The van der Waals surface area contributed by atoms with Crippen LogP contribution in [-0.4, -0.2) is 11.8 Å². The molecule has 0 aliphatic carbocycles. The van der Waals surface area contributed by atoms with Gasteiger partial charge in [0.1, 0.15) is 5.75 Å². The van der Waals surface area contributed by atoms with E-state index in [-0.39, 0.29) is 0 Å². The first kappa shape index (κ1) is 18.5. The van der Waals surface area contributed by atoms with E-state index >= 15 is 0 Å². The molecule has 0 fully saturated rings. The molecule has 0 aliphatic heterocycles. The average molecular weight is 381 g/mol. The van der Waals surface area contributed by atoms with Crippen molar-refractivity contribution in [3.8, 4) is 11.5 Å². The Morgan fingerprint density at radius 2 is 1.52 bits per heavy atom. The lowest BCUT2D eigenvalue weighted by Crippen LogP contribution is -2.29. The molecular formula is C21H17ClN2O3. The van der Waals surface area contributed by atoms with Crippen molar-refractivity contribution >= 4 is 34.8 Å². The van der Waals surface area contributed by atoms with Crippen LogP contribution in [0.15, 0.2) is 72.8 Å². The van der Waals surface area contributed by atoms with Gasteiger partial charge in [0, 0.05) is 10.7 Å². The smallest absolute Gasteiger partial charge is 0.314 e. The van der Waals surface area contributed by atoms with Crippen LogP contribution < -0.4 is 15.4 Å². The highest BCUT2D eigenvalue weighted by Crippen LogP contribution is 2.29. The molecule has 3 aromatic rings. The van der Waals surface area contributed by atoms with Crippen LogP contribution in [-0.2, 0) is 9.59 Å². The molecule has 0 radical (unpaired) electrons.